The molecule has 0 aliphatic carbocycles. The average molecular weight is 421 g/mol. The number of hydrogen-bond donors (Lipinski definition) is 2. The molecule has 1 saturated heterocycles. The SMILES string of the molecule is O=C(COc1cccc(N2CCCC2=O)c1)NCC(=O)Nc1ccc(F)c(F)c1F. The molecule has 30 heavy (non-hydrogen) atoms. The molecule has 2 N–H and O–H groups in total. The Balaban J connectivity index is 1.47. The van der Waals surface area contributed by atoms with Crippen LogP contribution in [-0.4, -0.2) is 37.4 Å². The van der Waals surface area contributed by atoms with Crippen LogP contribution in [0.3, 0.4) is 0 Å². The van der Waals surface area contributed by atoms with Crippen LogP contribution in [0.5, 0.6) is 5.75 Å². The molecule has 2 aromatic carbocycles. The Kier molecular flexibility index (Phi) is 6.55. The van der Waals surface area contributed by atoms with Crippen LogP contribution in [0.4, 0.5) is 24.5 Å². The fourth-order valence-corrected chi connectivity index (χ4v) is 2.86. The largest absolute Gasteiger partial charge is 0.484 e. The Morgan fingerprint density at radius 2 is 1.87 bits per heavy atom. The van der Waals surface area contributed by atoms with E-state index in [-0.39, 0.29) is 5.91 Å². The third-order valence-electron chi connectivity index (χ3n) is 4.33. The van der Waals surface area contributed by atoms with Crippen molar-refractivity contribution in [2.75, 3.05) is 29.9 Å². The minimum absolute atomic E-state index is 0.0216. The summed E-state index contributed by atoms with van der Waals surface area (Å²) in [7, 11) is 0. The number of nitrogens with zero attached hydrogens (tertiary/aromatic N) is 1. The Bertz CT molecular complexity index is 984. The highest BCUT2D eigenvalue weighted by atomic mass is 19.2. The summed E-state index contributed by atoms with van der Waals surface area (Å²) in [5.41, 5.74) is 0.126. The second-order valence-corrected chi connectivity index (χ2v) is 6.48. The van der Waals surface area contributed by atoms with Crippen molar-refractivity contribution in [3.8, 4) is 5.75 Å². The molecule has 0 aromatic heterocycles. The lowest BCUT2D eigenvalue weighted by molar-refractivity contribution is -0.125. The van der Waals surface area contributed by atoms with Crippen LogP contribution in [0.15, 0.2) is 36.4 Å². The van der Waals surface area contributed by atoms with Crippen LogP contribution in [-0.2, 0) is 14.4 Å². The number of benzene rings is 2. The molecule has 0 atom stereocenters. The molecule has 3 rings (SSSR count). The van der Waals surface area contributed by atoms with Gasteiger partial charge in [0.2, 0.25) is 11.8 Å². The van der Waals surface area contributed by atoms with E-state index in [1.807, 2.05) is 5.32 Å². The molecule has 0 spiro atoms. The van der Waals surface area contributed by atoms with Gasteiger partial charge in [-0.25, -0.2) is 13.2 Å². The fraction of sp³-hybridized carbons (Fsp3) is 0.250. The molecule has 7 nitrogen and oxygen atoms in total. The van der Waals surface area contributed by atoms with Gasteiger partial charge in [0, 0.05) is 24.7 Å². The van der Waals surface area contributed by atoms with Gasteiger partial charge in [-0.1, -0.05) is 6.07 Å². The van der Waals surface area contributed by atoms with E-state index in [4.69, 9.17) is 4.74 Å². The molecule has 0 unspecified atom stereocenters. The number of hydrogen-bond acceptors (Lipinski definition) is 4. The van der Waals surface area contributed by atoms with E-state index in [1.54, 1.807) is 29.2 Å². The molecule has 2 aromatic rings. The standard InChI is InChI=1S/C20H18F3N3O4/c21-14-6-7-15(20(23)19(14)22)25-16(27)10-24-17(28)11-30-13-4-1-3-12(9-13)26-8-2-5-18(26)29/h1,3-4,6-7,9H,2,5,8,10-11H2,(H,24,28)(H,25,27). The fourth-order valence-electron chi connectivity index (χ4n) is 2.86. The van der Waals surface area contributed by atoms with E-state index < -0.39 is 48.1 Å². The second-order valence-electron chi connectivity index (χ2n) is 6.48. The summed E-state index contributed by atoms with van der Waals surface area (Å²) in [5, 5.41) is 4.30. The minimum atomic E-state index is -1.71. The Morgan fingerprint density at radius 1 is 1.07 bits per heavy atom. The highest BCUT2D eigenvalue weighted by Crippen LogP contribution is 2.25. The molecular formula is C20H18F3N3O4. The summed E-state index contributed by atoms with van der Waals surface area (Å²) >= 11 is 0. The predicted molar refractivity (Wildman–Crippen MR) is 101 cm³/mol. The van der Waals surface area contributed by atoms with Crippen molar-refractivity contribution in [1.82, 2.24) is 5.32 Å². The van der Waals surface area contributed by atoms with Crippen LogP contribution < -0.4 is 20.3 Å². The first kappa shape index (κ1) is 21.2. The zero-order chi connectivity index (χ0) is 21.7. The lowest BCUT2D eigenvalue weighted by atomic mass is 10.2. The molecule has 0 bridgehead atoms. The van der Waals surface area contributed by atoms with E-state index in [1.165, 1.54) is 0 Å². The van der Waals surface area contributed by atoms with Crippen LogP contribution in [0.2, 0.25) is 0 Å². The molecule has 1 aliphatic heterocycles. The number of nitrogens with one attached hydrogen (secondary N) is 2. The monoisotopic (exact) mass is 421 g/mol. The van der Waals surface area contributed by atoms with Crippen LogP contribution >= 0.6 is 0 Å². The third-order valence-corrected chi connectivity index (χ3v) is 4.33. The predicted octanol–water partition coefficient (Wildman–Crippen LogP) is 2.36. The van der Waals surface area contributed by atoms with Gasteiger partial charge >= 0.3 is 0 Å². The normalized spacial score (nSPS) is 13.3. The van der Waals surface area contributed by atoms with Crippen molar-refractivity contribution in [3.63, 3.8) is 0 Å². The summed E-state index contributed by atoms with van der Waals surface area (Å²) in [6, 6.07) is 8.25. The van der Waals surface area contributed by atoms with Crippen molar-refractivity contribution in [2.24, 2.45) is 0 Å². The maximum Gasteiger partial charge on any atom is 0.258 e. The van der Waals surface area contributed by atoms with E-state index in [0.29, 0.717) is 30.5 Å². The molecule has 1 aliphatic rings. The molecule has 158 valence electrons. The molecular weight excluding hydrogens is 403 g/mol. The summed E-state index contributed by atoms with van der Waals surface area (Å²) in [6.45, 7) is -0.302. The highest BCUT2D eigenvalue weighted by molar-refractivity contribution is 5.96. The van der Waals surface area contributed by atoms with Gasteiger partial charge in [-0.05, 0) is 30.7 Å². The van der Waals surface area contributed by atoms with Gasteiger partial charge < -0.3 is 20.3 Å². The van der Waals surface area contributed by atoms with Gasteiger partial charge in [0.1, 0.15) is 5.75 Å². The zero-order valence-corrected chi connectivity index (χ0v) is 15.7. The quantitative estimate of drug-likeness (QED) is 0.672. The summed E-state index contributed by atoms with van der Waals surface area (Å²) in [5.74, 6) is -5.68. The Labute approximate surface area is 169 Å². The smallest absolute Gasteiger partial charge is 0.258 e. The molecule has 3 amide bonds. The van der Waals surface area contributed by atoms with Gasteiger partial charge in [0.15, 0.2) is 24.1 Å². The van der Waals surface area contributed by atoms with Crippen LogP contribution in [0, 0.1) is 17.5 Å². The topological polar surface area (TPSA) is 87.7 Å². The van der Waals surface area contributed by atoms with E-state index in [2.05, 4.69) is 5.32 Å². The van der Waals surface area contributed by atoms with Crippen molar-refractivity contribution in [1.29, 1.82) is 0 Å². The summed E-state index contributed by atoms with van der Waals surface area (Å²) in [4.78, 5) is 37.1. The Hall–Kier alpha value is -3.56. The van der Waals surface area contributed by atoms with E-state index in [0.717, 1.165) is 12.5 Å². The highest BCUT2D eigenvalue weighted by Gasteiger charge is 2.22. The molecule has 0 saturated carbocycles. The Morgan fingerprint density at radius 3 is 2.60 bits per heavy atom. The lowest BCUT2D eigenvalue weighted by Crippen LogP contribution is -2.36. The molecule has 1 heterocycles. The second kappa shape index (κ2) is 9.29. The maximum absolute atomic E-state index is 13.5. The van der Waals surface area contributed by atoms with E-state index in [9.17, 15) is 27.6 Å². The summed E-state index contributed by atoms with van der Waals surface area (Å²) < 4.78 is 45.0. The average Bonchev–Trinajstić information content (AvgIpc) is 3.17. The third kappa shape index (κ3) is 5.07. The molecule has 10 heteroatoms. The first-order chi connectivity index (χ1) is 14.3. The van der Waals surface area contributed by atoms with E-state index >= 15 is 0 Å². The molecule has 1 fully saturated rings. The van der Waals surface area contributed by atoms with Crippen molar-refractivity contribution < 1.29 is 32.3 Å². The van der Waals surface area contributed by atoms with Gasteiger partial charge in [-0.2, -0.15) is 0 Å². The first-order valence-corrected chi connectivity index (χ1v) is 9.08. The van der Waals surface area contributed by atoms with Gasteiger partial charge in [-0.3, -0.25) is 14.4 Å². The van der Waals surface area contributed by atoms with Crippen LogP contribution in [0.1, 0.15) is 12.8 Å². The minimum Gasteiger partial charge on any atom is -0.484 e. The summed E-state index contributed by atoms with van der Waals surface area (Å²) in [6.07, 6.45) is 1.27. The number of ether oxygens (including phenoxy) is 1. The number of carbonyl (C=O) groups is 3. The first-order valence-electron chi connectivity index (χ1n) is 9.08. The maximum atomic E-state index is 13.5. The number of carbonyl (C=O) groups excluding carboxylic acids is 3. The number of rotatable bonds is 7. The van der Waals surface area contributed by atoms with Crippen molar-refractivity contribution in [2.45, 2.75) is 12.8 Å². The number of halogens is 3. The van der Waals surface area contributed by atoms with Gasteiger partial charge in [0.05, 0.1) is 12.2 Å². The lowest BCUT2D eigenvalue weighted by Gasteiger charge is -2.16. The van der Waals surface area contributed by atoms with Gasteiger partial charge in [-0.15, -0.1) is 0 Å². The zero-order valence-electron chi connectivity index (χ0n) is 15.7. The van der Waals surface area contributed by atoms with Crippen LogP contribution in [0.25, 0.3) is 0 Å². The van der Waals surface area contributed by atoms with Gasteiger partial charge in [0.25, 0.3) is 5.91 Å². The van der Waals surface area contributed by atoms with Crippen molar-refractivity contribution >= 4 is 29.1 Å². The number of amides is 3. The molecule has 0 radical (unpaired) electrons. The van der Waals surface area contributed by atoms with Crippen molar-refractivity contribution in [3.05, 3.63) is 53.8 Å². The number of anilines is 2.